The first-order valence-corrected chi connectivity index (χ1v) is 11.8. The SMILES string of the molecule is CCCS(=O)(=O)N1CCC2(CC1)OOC1(OO2)C2CC3CC(C2)CC1C3. The number of hydrogen-bond donors (Lipinski definition) is 0. The molecule has 6 rings (SSSR count). The van der Waals surface area contributed by atoms with E-state index >= 15 is 0 Å². The summed E-state index contributed by atoms with van der Waals surface area (Å²) >= 11 is 0. The maximum absolute atomic E-state index is 12.2. The lowest BCUT2D eigenvalue weighted by Crippen LogP contribution is -2.65. The van der Waals surface area contributed by atoms with Gasteiger partial charge >= 0.3 is 0 Å². The quantitative estimate of drug-likeness (QED) is 0.693. The van der Waals surface area contributed by atoms with Gasteiger partial charge in [0.15, 0.2) is 0 Å². The fourth-order valence-electron chi connectivity index (χ4n) is 6.08. The molecule has 2 heterocycles. The van der Waals surface area contributed by atoms with Crippen LogP contribution in [0.25, 0.3) is 0 Å². The van der Waals surface area contributed by atoms with E-state index in [0.29, 0.717) is 44.2 Å². The van der Waals surface area contributed by atoms with E-state index in [1.807, 2.05) is 6.92 Å². The Hall–Kier alpha value is -0.250. The van der Waals surface area contributed by atoms with Gasteiger partial charge in [0.2, 0.25) is 21.6 Å². The minimum absolute atomic E-state index is 0.184. The summed E-state index contributed by atoms with van der Waals surface area (Å²) in [7, 11) is -3.19. The van der Waals surface area contributed by atoms with Crippen LogP contribution in [0, 0.1) is 23.7 Å². The maximum atomic E-state index is 12.2. The van der Waals surface area contributed by atoms with Crippen molar-refractivity contribution >= 4 is 10.0 Å². The normalized spacial score (nSPS) is 41.1. The van der Waals surface area contributed by atoms with Crippen molar-refractivity contribution < 1.29 is 28.0 Å². The highest BCUT2D eigenvalue weighted by Crippen LogP contribution is 2.61. The van der Waals surface area contributed by atoms with Crippen LogP contribution in [0.5, 0.6) is 0 Å². The van der Waals surface area contributed by atoms with Gasteiger partial charge in [0.1, 0.15) is 0 Å². The van der Waals surface area contributed by atoms with Crippen LogP contribution in [0.15, 0.2) is 0 Å². The molecule has 2 saturated heterocycles. The molecule has 7 nitrogen and oxygen atoms in total. The average molecular weight is 387 g/mol. The van der Waals surface area contributed by atoms with Gasteiger partial charge in [-0.3, -0.25) is 0 Å². The van der Waals surface area contributed by atoms with E-state index in [-0.39, 0.29) is 5.75 Å². The molecule has 148 valence electrons. The summed E-state index contributed by atoms with van der Waals surface area (Å²) in [5, 5.41) is 0. The molecule has 8 heteroatoms. The van der Waals surface area contributed by atoms with E-state index in [1.54, 1.807) is 0 Å². The van der Waals surface area contributed by atoms with E-state index in [0.717, 1.165) is 37.5 Å². The highest BCUT2D eigenvalue weighted by molar-refractivity contribution is 7.89. The summed E-state index contributed by atoms with van der Waals surface area (Å²) in [6, 6.07) is 0. The van der Waals surface area contributed by atoms with Gasteiger partial charge in [-0.15, -0.1) is 0 Å². The van der Waals surface area contributed by atoms with Crippen LogP contribution in [0.1, 0.15) is 58.3 Å². The van der Waals surface area contributed by atoms with Crippen molar-refractivity contribution in [1.29, 1.82) is 0 Å². The Morgan fingerprint density at radius 3 is 1.92 bits per heavy atom. The van der Waals surface area contributed by atoms with Crippen LogP contribution in [0.4, 0.5) is 0 Å². The Morgan fingerprint density at radius 1 is 0.885 bits per heavy atom. The monoisotopic (exact) mass is 387 g/mol. The Balaban J connectivity index is 1.24. The van der Waals surface area contributed by atoms with E-state index in [1.165, 1.54) is 10.7 Å². The molecule has 6 aliphatic rings. The molecule has 0 N–H and O–H groups in total. The molecule has 2 aliphatic heterocycles. The van der Waals surface area contributed by atoms with E-state index in [2.05, 4.69) is 0 Å². The molecule has 0 radical (unpaired) electrons. The molecule has 2 spiro atoms. The van der Waals surface area contributed by atoms with Crippen LogP contribution in [0.3, 0.4) is 0 Å². The van der Waals surface area contributed by atoms with Crippen molar-refractivity contribution in [1.82, 2.24) is 4.31 Å². The van der Waals surface area contributed by atoms with Gasteiger partial charge in [-0.05, 0) is 50.4 Å². The summed E-state index contributed by atoms with van der Waals surface area (Å²) in [5.41, 5.74) is 0. The third-order valence-electron chi connectivity index (χ3n) is 7.26. The minimum Gasteiger partial charge on any atom is -0.212 e. The van der Waals surface area contributed by atoms with Gasteiger partial charge in [-0.1, -0.05) is 6.92 Å². The molecular formula is C18H29NO6S. The van der Waals surface area contributed by atoms with Gasteiger partial charge in [0.05, 0.1) is 5.75 Å². The zero-order chi connectivity index (χ0) is 18.0. The molecule has 4 aliphatic carbocycles. The van der Waals surface area contributed by atoms with Gasteiger partial charge in [0.25, 0.3) is 0 Å². The van der Waals surface area contributed by atoms with Crippen LogP contribution < -0.4 is 0 Å². The zero-order valence-electron chi connectivity index (χ0n) is 15.4. The lowest BCUT2D eigenvalue weighted by atomic mass is 9.53. The highest BCUT2D eigenvalue weighted by Gasteiger charge is 2.64. The standard InChI is InChI=1S/C18H29NO6S/c1-2-7-26(20,21)19-5-3-17(4-6-19)22-24-18(25-23-17)15-9-13-8-14(11-15)12-16(18)10-13/h13-16H,2-12H2,1H3. The number of rotatable bonds is 3. The number of nitrogens with zero attached hydrogens (tertiary/aromatic N) is 1. The fraction of sp³-hybridized carbons (Fsp3) is 1.00. The molecule has 26 heavy (non-hydrogen) atoms. The molecule has 0 amide bonds. The first-order chi connectivity index (χ1) is 12.4. The van der Waals surface area contributed by atoms with Gasteiger partial charge < -0.3 is 0 Å². The van der Waals surface area contributed by atoms with Crippen LogP contribution in [0.2, 0.25) is 0 Å². The van der Waals surface area contributed by atoms with Crippen LogP contribution in [-0.2, 0) is 29.6 Å². The second-order valence-electron chi connectivity index (χ2n) is 8.98. The number of piperidine rings is 1. The number of hydrogen-bond acceptors (Lipinski definition) is 6. The summed E-state index contributed by atoms with van der Waals surface area (Å²) in [6.07, 6.45) is 7.36. The molecule has 0 aromatic rings. The topological polar surface area (TPSA) is 74.3 Å². The molecule has 6 fully saturated rings. The second-order valence-corrected chi connectivity index (χ2v) is 11.1. The average Bonchev–Trinajstić information content (AvgIpc) is 2.61. The van der Waals surface area contributed by atoms with E-state index in [4.69, 9.17) is 19.6 Å². The van der Waals surface area contributed by atoms with Crippen molar-refractivity contribution in [3.8, 4) is 0 Å². The Kier molecular flexibility index (Phi) is 4.20. The minimum atomic E-state index is -3.19. The summed E-state index contributed by atoms with van der Waals surface area (Å²) in [4.78, 5) is 23.7. The van der Waals surface area contributed by atoms with Crippen LogP contribution >= 0.6 is 0 Å². The molecule has 0 atom stereocenters. The molecule has 4 saturated carbocycles. The summed E-state index contributed by atoms with van der Waals surface area (Å²) in [6.45, 7) is 2.63. The smallest absolute Gasteiger partial charge is 0.212 e. The lowest BCUT2D eigenvalue weighted by molar-refractivity contribution is -0.680. The largest absolute Gasteiger partial charge is 0.239 e. The molecule has 0 aromatic carbocycles. The van der Waals surface area contributed by atoms with Crippen molar-refractivity contribution in [3.63, 3.8) is 0 Å². The molecule has 0 aromatic heterocycles. The molecule has 4 bridgehead atoms. The van der Waals surface area contributed by atoms with Crippen LogP contribution in [-0.4, -0.2) is 43.1 Å². The van der Waals surface area contributed by atoms with Crippen molar-refractivity contribution in [3.05, 3.63) is 0 Å². The Labute approximate surface area is 155 Å². The third-order valence-corrected chi connectivity index (χ3v) is 9.34. The van der Waals surface area contributed by atoms with Gasteiger partial charge in [-0.25, -0.2) is 12.7 Å². The predicted molar refractivity (Wildman–Crippen MR) is 91.7 cm³/mol. The van der Waals surface area contributed by atoms with E-state index < -0.39 is 21.6 Å². The maximum Gasteiger partial charge on any atom is 0.239 e. The molecule has 0 unspecified atom stereocenters. The van der Waals surface area contributed by atoms with Gasteiger partial charge in [-0.2, -0.15) is 19.6 Å². The van der Waals surface area contributed by atoms with Gasteiger partial charge in [0, 0.05) is 37.8 Å². The van der Waals surface area contributed by atoms with Crippen molar-refractivity contribution in [2.75, 3.05) is 18.8 Å². The first-order valence-electron chi connectivity index (χ1n) is 10.2. The highest BCUT2D eigenvalue weighted by atomic mass is 32.2. The van der Waals surface area contributed by atoms with Crippen molar-refractivity contribution in [2.24, 2.45) is 23.7 Å². The Bertz CT molecular complexity index is 617. The van der Waals surface area contributed by atoms with Crippen molar-refractivity contribution in [2.45, 2.75) is 69.9 Å². The van der Waals surface area contributed by atoms with E-state index in [9.17, 15) is 8.42 Å². The zero-order valence-corrected chi connectivity index (χ0v) is 16.2. The second kappa shape index (κ2) is 6.12. The lowest BCUT2D eigenvalue weighted by Gasteiger charge is -2.60. The molecular weight excluding hydrogens is 358 g/mol. The predicted octanol–water partition coefficient (Wildman–Crippen LogP) is 2.58. The fourth-order valence-corrected chi connectivity index (χ4v) is 7.59. The third kappa shape index (κ3) is 2.68. The Morgan fingerprint density at radius 2 is 1.42 bits per heavy atom. The summed E-state index contributed by atoms with van der Waals surface area (Å²) < 4.78 is 26.0. The first kappa shape index (κ1) is 17.8. The number of sulfonamides is 1. The summed E-state index contributed by atoms with van der Waals surface area (Å²) in [5.74, 6) is 0.768.